The van der Waals surface area contributed by atoms with Crippen LogP contribution >= 0.6 is 0 Å². The molecule has 5 nitrogen and oxygen atoms in total. The molecule has 0 saturated carbocycles. The molecular weight excluding hydrogens is 334 g/mol. The Bertz CT molecular complexity index is 748. The van der Waals surface area contributed by atoms with E-state index in [1.807, 2.05) is 24.3 Å². The Hall–Kier alpha value is -1.89. The molecule has 6 heteroatoms. The summed E-state index contributed by atoms with van der Waals surface area (Å²) < 4.78 is 27.0. The molecule has 0 unspecified atom stereocenters. The zero-order valence-corrected chi connectivity index (χ0v) is 15.7. The van der Waals surface area contributed by atoms with Gasteiger partial charge in [0.15, 0.2) is 0 Å². The van der Waals surface area contributed by atoms with E-state index in [0.29, 0.717) is 17.1 Å². The molecule has 25 heavy (non-hydrogen) atoms. The number of benzene rings is 2. The Morgan fingerprint density at radius 1 is 1.00 bits per heavy atom. The van der Waals surface area contributed by atoms with Crippen LogP contribution < -0.4 is 10.0 Å². The molecule has 0 aromatic heterocycles. The summed E-state index contributed by atoms with van der Waals surface area (Å²) in [4.78, 5) is 2.56. The zero-order valence-electron chi connectivity index (χ0n) is 14.9. The van der Waals surface area contributed by atoms with E-state index in [0.717, 1.165) is 26.1 Å². The van der Waals surface area contributed by atoms with Gasteiger partial charge in [-0.05, 0) is 37.7 Å². The minimum absolute atomic E-state index is 0.300. The van der Waals surface area contributed by atoms with Gasteiger partial charge in [-0.1, -0.05) is 49.4 Å². The number of nitrogens with one attached hydrogen (secondary N) is 2. The van der Waals surface area contributed by atoms with Crippen molar-refractivity contribution in [3.8, 4) is 0 Å². The first kappa shape index (κ1) is 19.4. The van der Waals surface area contributed by atoms with E-state index in [-0.39, 0.29) is 0 Å². The number of hydrogen-bond acceptors (Lipinski definition) is 4. The minimum Gasteiger partial charge on any atom is -0.384 e. The van der Waals surface area contributed by atoms with Gasteiger partial charge < -0.3 is 10.2 Å². The van der Waals surface area contributed by atoms with Gasteiger partial charge in [-0.25, -0.2) is 13.1 Å². The third-order valence-corrected chi connectivity index (χ3v) is 5.44. The Labute approximate surface area is 151 Å². The lowest BCUT2D eigenvalue weighted by Gasteiger charge is -2.17. The van der Waals surface area contributed by atoms with E-state index < -0.39 is 10.0 Å². The van der Waals surface area contributed by atoms with Crippen LogP contribution in [0.5, 0.6) is 0 Å². The molecule has 0 aliphatic carbocycles. The smallest absolute Gasteiger partial charge is 0.242 e. The van der Waals surface area contributed by atoms with Crippen molar-refractivity contribution < 1.29 is 8.42 Å². The lowest BCUT2D eigenvalue weighted by atomic mass is 10.2. The summed E-state index contributed by atoms with van der Waals surface area (Å²) in [5.41, 5.74) is 1.94. The molecule has 0 fully saturated rings. The van der Waals surface area contributed by atoms with Crippen LogP contribution in [-0.2, 0) is 16.6 Å². The normalized spacial score (nSPS) is 11.6. The lowest BCUT2D eigenvalue weighted by Crippen LogP contribution is -2.25. The second-order valence-corrected chi connectivity index (χ2v) is 7.74. The molecule has 0 atom stereocenters. The first-order valence-electron chi connectivity index (χ1n) is 8.58. The number of rotatable bonds is 10. The summed E-state index contributed by atoms with van der Waals surface area (Å²) in [6.07, 6.45) is 0.929. The Balaban J connectivity index is 1.84. The molecule has 0 spiro atoms. The summed E-state index contributed by atoms with van der Waals surface area (Å²) >= 11 is 0. The summed E-state index contributed by atoms with van der Waals surface area (Å²) in [5, 5.41) is 3.25. The molecule has 2 aromatic rings. The maximum absolute atomic E-state index is 12.2. The van der Waals surface area contributed by atoms with Crippen molar-refractivity contribution >= 4 is 15.7 Å². The van der Waals surface area contributed by atoms with Crippen molar-refractivity contribution in [3.63, 3.8) is 0 Å². The van der Waals surface area contributed by atoms with Crippen LogP contribution in [0.3, 0.4) is 0 Å². The Morgan fingerprint density at radius 3 is 2.40 bits per heavy atom. The molecule has 0 saturated heterocycles. The first-order valence-corrected chi connectivity index (χ1v) is 10.1. The fourth-order valence-corrected chi connectivity index (χ4v) is 3.88. The Kier molecular flexibility index (Phi) is 7.43. The molecule has 2 rings (SSSR count). The fourth-order valence-electron chi connectivity index (χ4n) is 2.66. The van der Waals surface area contributed by atoms with E-state index in [2.05, 4.69) is 34.1 Å². The number of sulfonamides is 1. The number of hydrogen-bond donors (Lipinski definition) is 2. The lowest BCUT2D eigenvalue weighted by molar-refractivity contribution is 0.325. The third kappa shape index (κ3) is 6.16. The van der Waals surface area contributed by atoms with Crippen molar-refractivity contribution in [2.24, 2.45) is 0 Å². The molecule has 0 aliphatic heterocycles. The van der Waals surface area contributed by atoms with Crippen LogP contribution in [0.4, 0.5) is 5.69 Å². The van der Waals surface area contributed by atoms with Crippen molar-refractivity contribution in [1.82, 2.24) is 9.62 Å². The summed E-state index contributed by atoms with van der Waals surface area (Å²) in [5.74, 6) is 0. The summed E-state index contributed by atoms with van der Waals surface area (Å²) in [7, 11) is -1.36. The molecular formula is C19H27N3O2S. The topological polar surface area (TPSA) is 61.4 Å². The maximum atomic E-state index is 12.2. The molecule has 0 amide bonds. The fraction of sp³-hybridized carbons (Fsp3) is 0.368. The van der Waals surface area contributed by atoms with Crippen LogP contribution in [0, 0.1) is 0 Å². The van der Waals surface area contributed by atoms with Gasteiger partial charge in [0.25, 0.3) is 0 Å². The van der Waals surface area contributed by atoms with Crippen molar-refractivity contribution in [3.05, 3.63) is 60.2 Å². The highest BCUT2D eigenvalue weighted by Crippen LogP contribution is 2.20. The average Bonchev–Trinajstić information content (AvgIpc) is 2.60. The predicted molar refractivity (Wildman–Crippen MR) is 103 cm³/mol. The molecule has 0 heterocycles. The Morgan fingerprint density at radius 2 is 1.68 bits per heavy atom. The van der Waals surface area contributed by atoms with Crippen molar-refractivity contribution in [2.75, 3.05) is 32.0 Å². The van der Waals surface area contributed by atoms with Gasteiger partial charge in [0.1, 0.15) is 4.90 Å². The van der Waals surface area contributed by atoms with Crippen LogP contribution in [0.25, 0.3) is 0 Å². The highest BCUT2D eigenvalue weighted by Gasteiger charge is 2.16. The van der Waals surface area contributed by atoms with Gasteiger partial charge in [-0.2, -0.15) is 0 Å². The van der Waals surface area contributed by atoms with Crippen LogP contribution in [0.2, 0.25) is 0 Å². The summed E-state index contributed by atoms with van der Waals surface area (Å²) in [6.45, 7) is 4.71. The van der Waals surface area contributed by atoms with Gasteiger partial charge in [0, 0.05) is 19.6 Å². The first-order chi connectivity index (χ1) is 12.0. The van der Waals surface area contributed by atoms with Gasteiger partial charge in [-0.15, -0.1) is 0 Å². The molecule has 0 radical (unpaired) electrons. The van der Waals surface area contributed by atoms with E-state index in [4.69, 9.17) is 0 Å². The van der Waals surface area contributed by atoms with E-state index >= 15 is 0 Å². The zero-order chi connectivity index (χ0) is 18.1. The van der Waals surface area contributed by atoms with Gasteiger partial charge in [0.2, 0.25) is 10.0 Å². The standard InChI is InChI=1S/C19H27N3O2S/c1-3-21-25(23,24)19-13-8-7-12-18(19)20-14-9-15-22(2)16-17-10-5-4-6-11-17/h4-8,10-13,20-21H,3,9,14-16H2,1-2H3. The molecule has 2 N–H and O–H groups in total. The van der Waals surface area contributed by atoms with Gasteiger partial charge in [0.05, 0.1) is 5.69 Å². The van der Waals surface area contributed by atoms with Crippen LogP contribution in [0.15, 0.2) is 59.5 Å². The SMILES string of the molecule is CCNS(=O)(=O)c1ccccc1NCCCN(C)Cc1ccccc1. The van der Waals surface area contributed by atoms with Gasteiger partial charge in [-0.3, -0.25) is 0 Å². The highest BCUT2D eigenvalue weighted by molar-refractivity contribution is 7.89. The quantitative estimate of drug-likeness (QED) is 0.639. The van der Waals surface area contributed by atoms with Crippen molar-refractivity contribution in [2.45, 2.75) is 24.8 Å². The maximum Gasteiger partial charge on any atom is 0.242 e. The molecule has 0 aliphatic rings. The molecule has 2 aromatic carbocycles. The third-order valence-electron chi connectivity index (χ3n) is 3.84. The van der Waals surface area contributed by atoms with Crippen LogP contribution in [-0.4, -0.2) is 40.0 Å². The second-order valence-electron chi connectivity index (χ2n) is 6.00. The number of anilines is 1. The largest absolute Gasteiger partial charge is 0.384 e. The monoisotopic (exact) mass is 361 g/mol. The highest BCUT2D eigenvalue weighted by atomic mass is 32.2. The predicted octanol–water partition coefficient (Wildman–Crippen LogP) is 2.92. The average molecular weight is 362 g/mol. The number of para-hydroxylation sites is 1. The summed E-state index contributed by atoms with van der Waals surface area (Å²) in [6, 6.07) is 17.4. The number of nitrogens with zero attached hydrogens (tertiary/aromatic N) is 1. The van der Waals surface area contributed by atoms with E-state index in [9.17, 15) is 8.42 Å². The van der Waals surface area contributed by atoms with E-state index in [1.165, 1.54) is 5.56 Å². The second kappa shape index (κ2) is 9.56. The van der Waals surface area contributed by atoms with Crippen LogP contribution in [0.1, 0.15) is 18.9 Å². The van der Waals surface area contributed by atoms with E-state index in [1.54, 1.807) is 25.1 Å². The molecule has 0 bridgehead atoms. The minimum atomic E-state index is -3.46. The molecule has 136 valence electrons. The van der Waals surface area contributed by atoms with Gasteiger partial charge >= 0.3 is 0 Å². The van der Waals surface area contributed by atoms with Crippen molar-refractivity contribution in [1.29, 1.82) is 0 Å².